The van der Waals surface area contributed by atoms with E-state index in [9.17, 15) is 0 Å². The van der Waals surface area contributed by atoms with Gasteiger partial charge in [0.1, 0.15) is 12.4 Å². The molecule has 1 atom stereocenters. The highest BCUT2D eigenvalue weighted by Crippen LogP contribution is 2.19. The largest absolute Gasteiger partial charge is 0.492 e. The predicted molar refractivity (Wildman–Crippen MR) is 129 cm³/mol. The molecule has 0 amide bonds. The van der Waals surface area contributed by atoms with Crippen molar-refractivity contribution in [2.75, 3.05) is 53.4 Å². The molecule has 1 aromatic carbocycles. The Kier molecular flexibility index (Phi) is 12.5. The third-order valence-electron chi connectivity index (χ3n) is 4.93. The van der Waals surface area contributed by atoms with Crippen LogP contribution in [0.1, 0.15) is 32.3 Å². The number of hydrogen-bond acceptors (Lipinski definition) is 4. The molecule has 0 aliphatic carbocycles. The highest BCUT2D eigenvalue weighted by Gasteiger charge is 2.22. The van der Waals surface area contributed by atoms with E-state index in [2.05, 4.69) is 54.4 Å². The lowest BCUT2D eigenvalue weighted by Gasteiger charge is -2.24. The smallest absolute Gasteiger partial charge is 0.191 e. The van der Waals surface area contributed by atoms with Crippen molar-refractivity contribution in [2.45, 2.75) is 39.3 Å². The van der Waals surface area contributed by atoms with Crippen molar-refractivity contribution >= 4 is 29.9 Å². The molecule has 0 bridgehead atoms. The Morgan fingerprint density at radius 3 is 2.75 bits per heavy atom. The van der Waals surface area contributed by atoms with Crippen LogP contribution in [0.25, 0.3) is 0 Å². The quantitative estimate of drug-likeness (QED) is 0.292. The van der Waals surface area contributed by atoms with E-state index >= 15 is 0 Å². The Labute approximate surface area is 188 Å². The number of aliphatic imine (C=N–C) groups is 1. The molecular formula is C21H38IN5O. The summed E-state index contributed by atoms with van der Waals surface area (Å²) in [6, 6.07) is 8.79. The summed E-state index contributed by atoms with van der Waals surface area (Å²) in [5.74, 6) is 1.80. The van der Waals surface area contributed by atoms with Crippen LogP contribution in [0, 0.1) is 0 Å². The number of likely N-dealkylation sites (tertiary alicyclic amines) is 1. The standard InChI is InChI=1S/C21H37N5O.HI/c1-5-22-21(24-17-19-11-9-13-26(19)6-2)23-16-18-10-7-8-12-20(18)27-15-14-25(3)4;/h7-8,10,12,19H,5-6,9,11,13-17H2,1-4H3,(H2,22,23,24);1H. The molecule has 1 aromatic rings. The zero-order chi connectivity index (χ0) is 19.5. The molecule has 28 heavy (non-hydrogen) atoms. The minimum atomic E-state index is 0. The monoisotopic (exact) mass is 503 g/mol. The minimum Gasteiger partial charge on any atom is -0.492 e. The van der Waals surface area contributed by atoms with Crippen LogP contribution in [0.2, 0.25) is 0 Å². The van der Waals surface area contributed by atoms with Crippen LogP contribution in [0.15, 0.2) is 29.3 Å². The molecule has 160 valence electrons. The number of hydrogen-bond donors (Lipinski definition) is 2. The van der Waals surface area contributed by atoms with Crippen molar-refractivity contribution < 1.29 is 4.74 Å². The van der Waals surface area contributed by atoms with Gasteiger partial charge in [0.25, 0.3) is 0 Å². The van der Waals surface area contributed by atoms with Crippen molar-refractivity contribution in [3.8, 4) is 5.75 Å². The zero-order valence-corrected chi connectivity index (χ0v) is 20.2. The summed E-state index contributed by atoms with van der Waals surface area (Å²) in [6.45, 7) is 10.7. The van der Waals surface area contributed by atoms with Gasteiger partial charge in [0.15, 0.2) is 5.96 Å². The average Bonchev–Trinajstić information content (AvgIpc) is 3.12. The molecule has 0 saturated carbocycles. The normalized spacial score (nSPS) is 17.5. The highest BCUT2D eigenvalue weighted by molar-refractivity contribution is 14.0. The van der Waals surface area contributed by atoms with Crippen molar-refractivity contribution in [3.63, 3.8) is 0 Å². The van der Waals surface area contributed by atoms with Crippen molar-refractivity contribution in [2.24, 2.45) is 4.99 Å². The van der Waals surface area contributed by atoms with Crippen LogP contribution in [0.5, 0.6) is 5.75 Å². The molecule has 1 aliphatic heterocycles. The van der Waals surface area contributed by atoms with Gasteiger partial charge in [0, 0.05) is 31.2 Å². The lowest BCUT2D eigenvalue weighted by atomic mass is 10.2. The van der Waals surface area contributed by atoms with Crippen LogP contribution < -0.4 is 15.4 Å². The van der Waals surface area contributed by atoms with Gasteiger partial charge in [-0.2, -0.15) is 0 Å². The maximum atomic E-state index is 5.95. The molecule has 0 radical (unpaired) electrons. The Morgan fingerprint density at radius 1 is 1.25 bits per heavy atom. The number of guanidine groups is 1. The van der Waals surface area contributed by atoms with Crippen LogP contribution in [-0.2, 0) is 6.54 Å². The molecular weight excluding hydrogens is 465 g/mol. The summed E-state index contributed by atoms with van der Waals surface area (Å²) in [5, 5.41) is 6.88. The minimum absolute atomic E-state index is 0. The number of para-hydroxylation sites is 1. The van der Waals surface area contributed by atoms with E-state index in [1.807, 2.05) is 18.2 Å². The van der Waals surface area contributed by atoms with Crippen LogP contribution in [0.3, 0.4) is 0 Å². The van der Waals surface area contributed by atoms with E-state index in [0.717, 1.165) is 43.5 Å². The first-order valence-electron chi connectivity index (χ1n) is 10.3. The van der Waals surface area contributed by atoms with E-state index in [1.54, 1.807) is 0 Å². The fourth-order valence-corrected chi connectivity index (χ4v) is 3.38. The molecule has 1 fully saturated rings. The molecule has 0 spiro atoms. The molecule has 7 heteroatoms. The Hall–Kier alpha value is -1.06. The van der Waals surface area contributed by atoms with E-state index in [0.29, 0.717) is 19.2 Å². The van der Waals surface area contributed by atoms with Gasteiger partial charge in [-0.25, -0.2) is 4.99 Å². The number of halogens is 1. The zero-order valence-electron chi connectivity index (χ0n) is 17.9. The first-order chi connectivity index (χ1) is 13.1. The number of rotatable bonds is 10. The fraction of sp³-hybridized carbons (Fsp3) is 0.667. The Bertz CT molecular complexity index is 582. The van der Waals surface area contributed by atoms with Gasteiger partial charge in [-0.3, -0.25) is 4.90 Å². The second kappa shape index (κ2) is 14.0. The maximum Gasteiger partial charge on any atom is 0.191 e. The molecule has 1 heterocycles. The van der Waals surface area contributed by atoms with E-state index < -0.39 is 0 Å². The van der Waals surface area contributed by atoms with Gasteiger partial charge in [-0.15, -0.1) is 24.0 Å². The third-order valence-corrected chi connectivity index (χ3v) is 4.93. The Balaban J connectivity index is 0.00000392. The summed E-state index contributed by atoms with van der Waals surface area (Å²) < 4.78 is 5.95. The number of ether oxygens (including phenoxy) is 1. The first kappa shape index (κ1) is 25.0. The summed E-state index contributed by atoms with van der Waals surface area (Å²) in [5.41, 5.74) is 1.12. The van der Waals surface area contributed by atoms with Gasteiger partial charge in [-0.1, -0.05) is 25.1 Å². The van der Waals surface area contributed by atoms with Crippen LogP contribution in [0.4, 0.5) is 0 Å². The number of benzene rings is 1. The molecule has 1 aliphatic rings. The van der Waals surface area contributed by atoms with Crippen molar-refractivity contribution in [1.82, 2.24) is 20.4 Å². The third kappa shape index (κ3) is 8.53. The van der Waals surface area contributed by atoms with Crippen molar-refractivity contribution in [1.29, 1.82) is 0 Å². The van der Waals surface area contributed by atoms with E-state index in [1.165, 1.54) is 19.4 Å². The second-order valence-corrected chi connectivity index (χ2v) is 7.26. The molecule has 2 N–H and O–H groups in total. The van der Waals surface area contributed by atoms with Gasteiger partial charge in [-0.05, 0) is 53.0 Å². The lowest BCUT2D eigenvalue weighted by Crippen LogP contribution is -2.44. The SMILES string of the molecule is CCNC(=NCc1ccccc1OCCN(C)C)NCC1CCCN1CC.I. The molecule has 1 saturated heterocycles. The molecule has 0 aromatic heterocycles. The fourth-order valence-electron chi connectivity index (χ4n) is 3.38. The predicted octanol–water partition coefficient (Wildman–Crippen LogP) is 2.78. The first-order valence-corrected chi connectivity index (χ1v) is 10.3. The number of nitrogens with zero attached hydrogens (tertiary/aromatic N) is 3. The van der Waals surface area contributed by atoms with Gasteiger partial charge in [0.05, 0.1) is 6.54 Å². The van der Waals surface area contributed by atoms with E-state index in [4.69, 9.17) is 9.73 Å². The summed E-state index contributed by atoms with van der Waals surface area (Å²) >= 11 is 0. The summed E-state index contributed by atoms with van der Waals surface area (Å²) in [4.78, 5) is 9.45. The summed E-state index contributed by atoms with van der Waals surface area (Å²) in [6.07, 6.45) is 2.56. The molecule has 6 nitrogen and oxygen atoms in total. The average molecular weight is 503 g/mol. The van der Waals surface area contributed by atoms with E-state index in [-0.39, 0.29) is 24.0 Å². The topological polar surface area (TPSA) is 52.1 Å². The molecule has 1 unspecified atom stereocenters. The van der Waals surface area contributed by atoms with Crippen molar-refractivity contribution in [3.05, 3.63) is 29.8 Å². The lowest BCUT2D eigenvalue weighted by molar-refractivity contribution is 0.259. The maximum absolute atomic E-state index is 5.95. The molecule has 2 rings (SSSR count). The summed E-state index contributed by atoms with van der Waals surface area (Å²) in [7, 11) is 4.11. The number of likely N-dealkylation sites (N-methyl/N-ethyl adjacent to an activating group) is 2. The number of nitrogens with one attached hydrogen (secondary N) is 2. The van der Waals surface area contributed by atoms with Gasteiger partial charge >= 0.3 is 0 Å². The Morgan fingerprint density at radius 2 is 2.04 bits per heavy atom. The highest BCUT2D eigenvalue weighted by atomic mass is 127. The second-order valence-electron chi connectivity index (χ2n) is 7.26. The van der Waals surface area contributed by atoms with Crippen LogP contribution >= 0.6 is 24.0 Å². The van der Waals surface area contributed by atoms with Gasteiger partial charge in [0.2, 0.25) is 0 Å². The van der Waals surface area contributed by atoms with Crippen LogP contribution in [-0.4, -0.2) is 75.2 Å². The van der Waals surface area contributed by atoms with Gasteiger partial charge < -0.3 is 20.3 Å².